The molecule has 0 saturated heterocycles. The Bertz CT molecular complexity index is 254. The second kappa shape index (κ2) is 9.27. The van der Waals surface area contributed by atoms with Crippen molar-refractivity contribution in [2.45, 2.75) is 6.42 Å². The molecule has 1 aromatic rings. The molecule has 0 spiro atoms. The van der Waals surface area contributed by atoms with Gasteiger partial charge in [0.25, 0.3) is 0 Å². The molecule has 4 nitrogen and oxygen atoms in total. The number of pyridine rings is 1. The van der Waals surface area contributed by atoms with E-state index in [1.54, 1.807) is 7.11 Å². The molecule has 0 saturated carbocycles. The molecule has 0 atom stereocenters. The summed E-state index contributed by atoms with van der Waals surface area (Å²) in [6, 6.07) is 5.98. The van der Waals surface area contributed by atoms with Gasteiger partial charge in [0.05, 0.1) is 19.8 Å². The lowest BCUT2D eigenvalue weighted by molar-refractivity contribution is 0.0721. The molecule has 0 radical (unpaired) electrons. The molecule has 4 heteroatoms. The van der Waals surface area contributed by atoms with Crippen LogP contribution >= 0.6 is 0 Å². The van der Waals surface area contributed by atoms with E-state index in [9.17, 15) is 0 Å². The number of aromatic nitrogens is 1. The summed E-state index contributed by atoms with van der Waals surface area (Å²) in [5.41, 5.74) is 1.12. The molecular weight excluding hydrogens is 204 g/mol. The molecule has 0 bridgehead atoms. The average molecular weight is 224 g/mol. The standard InChI is InChI=1S/C12H20N2O2/c1-15-10-11-16-9-8-13-7-5-12-4-2-3-6-14-12/h2-4,6,13H,5,7-11H2,1H3. The molecule has 0 aliphatic rings. The normalized spacial score (nSPS) is 10.6. The fraction of sp³-hybridized carbons (Fsp3) is 0.583. The minimum absolute atomic E-state index is 0.661. The fourth-order valence-electron chi connectivity index (χ4n) is 1.28. The van der Waals surface area contributed by atoms with Crippen molar-refractivity contribution in [2.24, 2.45) is 0 Å². The van der Waals surface area contributed by atoms with Gasteiger partial charge in [-0.15, -0.1) is 0 Å². The van der Waals surface area contributed by atoms with Gasteiger partial charge in [0.2, 0.25) is 0 Å². The third-order valence-electron chi connectivity index (χ3n) is 2.14. The van der Waals surface area contributed by atoms with E-state index in [-0.39, 0.29) is 0 Å². The Kier molecular flexibility index (Phi) is 7.59. The summed E-state index contributed by atoms with van der Waals surface area (Å²) < 4.78 is 10.2. The van der Waals surface area contributed by atoms with E-state index in [0.717, 1.165) is 31.8 Å². The highest BCUT2D eigenvalue weighted by Gasteiger charge is 1.92. The van der Waals surface area contributed by atoms with Crippen molar-refractivity contribution < 1.29 is 9.47 Å². The predicted octanol–water partition coefficient (Wildman–Crippen LogP) is 0.877. The van der Waals surface area contributed by atoms with Crippen LogP contribution in [-0.2, 0) is 15.9 Å². The van der Waals surface area contributed by atoms with Crippen molar-refractivity contribution >= 4 is 0 Å². The van der Waals surface area contributed by atoms with E-state index < -0.39 is 0 Å². The molecule has 0 fully saturated rings. The maximum absolute atomic E-state index is 5.32. The summed E-state index contributed by atoms with van der Waals surface area (Å²) in [5, 5.41) is 3.30. The Hall–Kier alpha value is -0.970. The molecule has 90 valence electrons. The SMILES string of the molecule is COCCOCCNCCc1ccccn1. The second-order valence-corrected chi connectivity index (χ2v) is 3.43. The number of rotatable bonds is 9. The molecule has 0 aromatic carbocycles. The molecule has 0 amide bonds. The lowest BCUT2D eigenvalue weighted by atomic mass is 10.3. The Morgan fingerprint density at radius 3 is 2.88 bits per heavy atom. The van der Waals surface area contributed by atoms with Crippen LogP contribution in [-0.4, -0.2) is 45.0 Å². The first kappa shape index (κ1) is 13.1. The number of hydrogen-bond donors (Lipinski definition) is 1. The summed E-state index contributed by atoms with van der Waals surface area (Å²) in [6.45, 7) is 3.86. The van der Waals surface area contributed by atoms with Gasteiger partial charge in [0.15, 0.2) is 0 Å². The largest absolute Gasteiger partial charge is 0.382 e. The number of nitrogens with one attached hydrogen (secondary N) is 1. The first-order valence-corrected chi connectivity index (χ1v) is 5.61. The average Bonchev–Trinajstić information content (AvgIpc) is 2.34. The summed E-state index contributed by atoms with van der Waals surface area (Å²) in [7, 11) is 1.68. The molecule has 0 aliphatic heterocycles. The molecule has 1 heterocycles. The summed E-state index contributed by atoms with van der Waals surface area (Å²) in [6.07, 6.45) is 2.78. The quantitative estimate of drug-likeness (QED) is 0.632. The van der Waals surface area contributed by atoms with Crippen LogP contribution in [0.15, 0.2) is 24.4 Å². The predicted molar refractivity (Wildman–Crippen MR) is 63.5 cm³/mol. The maximum Gasteiger partial charge on any atom is 0.0700 e. The molecule has 16 heavy (non-hydrogen) atoms. The third kappa shape index (κ3) is 6.50. The number of nitrogens with zero attached hydrogens (tertiary/aromatic N) is 1. The summed E-state index contributed by atoms with van der Waals surface area (Å²) in [4.78, 5) is 4.25. The van der Waals surface area contributed by atoms with Crippen LogP contribution in [0.2, 0.25) is 0 Å². The minimum atomic E-state index is 0.661. The Morgan fingerprint density at radius 1 is 1.19 bits per heavy atom. The van der Waals surface area contributed by atoms with Gasteiger partial charge in [-0.05, 0) is 12.1 Å². The zero-order valence-corrected chi connectivity index (χ0v) is 9.82. The van der Waals surface area contributed by atoms with Gasteiger partial charge in [-0.2, -0.15) is 0 Å². The van der Waals surface area contributed by atoms with Crippen molar-refractivity contribution in [2.75, 3.05) is 40.0 Å². The highest BCUT2D eigenvalue weighted by Crippen LogP contribution is 1.92. The van der Waals surface area contributed by atoms with Crippen LogP contribution in [0.4, 0.5) is 0 Å². The van der Waals surface area contributed by atoms with Gasteiger partial charge in [-0.25, -0.2) is 0 Å². The molecule has 0 unspecified atom stereocenters. The van der Waals surface area contributed by atoms with Crippen molar-refractivity contribution in [3.05, 3.63) is 30.1 Å². The smallest absolute Gasteiger partial charge is 0.0700 e. The second-order valence-electron chi connectivity index (χ2n) is 3.43. The molecule has 1 rings (SSSR count). The van der Waals surface area contributed by atoms with E-state index in [1.807, 2.05) is 24.4 Å². The minimum Gasteiger partial charge on any atom is -0.382 e. The van der Waals surface area contributed by atoms with Gasteiger partial charge in [-0.3, -0.25) is 4.98 Å². The summed E-state index contributed by atoms with van der Waals surface area (Å²) in [5.74, 6) is 0. The van der Waals surface area contributed by atoms with E-state index in [0.29, 0.717) is 13.2 Å². The van der Waals surface area contributed by atoms with E-state index >= 15 is 0 Å². The van der Waals surface area contributed by atoms with Crippen LogP contribution < -0.4 is 5.32 Å². The first-order chi connectivity index (χ1) is 7.93. The monoisotopic (exact) mass is 224 g/mol. The lowest BCUT2D eigenvalue weighted by Gasteiger charge is -2.05. The Balaban J connectivity index is 1.89. The molecule has 1 N–H and O–H groups in total. The van der Waals surface area contributed by atoms with Crippen molar-refractivity contribution in [1.82, 2.24) is 10.3 Å². The van der Waals surface area contributed by atoms with Gasteiger partial charge in [0, 0.05) is 38.5 Å². The van der Waals surface area contributed by atoms with Crippen LogP contribution in [0.3, 0.4) is 0 Å². The van der Waals surface area contributed by atoms with Crippen molar-refractivity contribution in [3.63, 3.8) is 0 Å². The highest BCUT2D eigenvalue weighted by molar-refractivity contribution is 5.03. The van der Waals surface area contributed by atoms with Gasteiger partial charge in [0.1, 0.15) is 0 Å². The number of methoxy groups -OCH3 is 1. The van der Waals surface area contributed by atoms with Crippen molar-refractivity contribution in [1.29, 1.82) is 0 Å². The van der Waals surface area contributed by atoms with E-state index in [2.05, 4.69) is 10.3 Å². The Labute approximate surface area is 97.0 Å². The maximum atomic E-state index is 5.32. The Morgan fingerprint density at radius 2 is 2.12 bits per heavy atom. The fourth-order valence-corrected chi connectivity index (χ4v) is 1.28. The third-order valence-corrected chi connectivity index (χ3v) is 2.14. The zero-order chi connectivity index (χ0) is 11.5. The van der Waals surface area contributed by atoms with Crippen LogP contribution in [0.5, 0.6) is 0 Å². The highest BCUT2D eigenvalue weighted by atomic mass is 16.5. The molecule has 0 aliphatic carbocycles. The topological polar surface area (TPSA) is 43.4 Å². The van der Waals surface area contributed by atoms with Gasteiger partial charge >= 0.3 is 0 Å². The number of ether oxygens (including phenoxy) is 2. The van der Waals surface area contributed by atoms with E-state index in [1.165, 1.54) is 0 Å². The van der Waals surface area contributed by atoms with Crippen molar-refractivity contribution in [3.8, 4) is 0 Å². The van der Waals surface area contributed by atoms with Gasteiger partial charge < -0.3 is 14.8 Å². The number of hydrogen-bond acceptors (Lipinski definition) is 4. The van der Waals surface area contributed by atoms with Crippen LogP contribution in [0.25, 0.3) is 0 Å². The van der Waals surface area contributed by atoms with E-state index in [4.69, 9.17) is 9.47 Å². The lowest BCUT2D eigenvalue weighted by Crippen LogP contribution is -2.23. The van der Waals surface area contributed by atoms with Crippen LogP contribution in [0.1, 0.15) is 5.69 Å². The van der Waals surface area contributed by atoms with Crippen LogP contribution in [0, 0.1) is 0 Å². The first-order valence-electron chi connectivity index (χ1n) is 5.61. The molecular formula is C12H20N2O2. The summed E-state index contributed by atoms with van der Waals surface area (Å²) >= 11 is 0. The van der Waals surface area contributed by atoms with Gasteiger partial charge in [-0.1, -0.05) is 6.07 Å². The zero-order valence-electron chi connectivity index (χ0n) is 9.82. The molecule has 1 aromatic heterocycles.